The van der Waals surface area contributed by atoms with Gasteiger partial charge in [0.25, 0.3) is 0 Å². The van der Waals surface area contributed by atoms with Crippen LogP contribution >= 0.6 is 0 Å². The molecule has 1 saturated carbocycles. The SMILES string of the molecule is Cc1ccc(-c2cc(C(=O)O)cc(N(C)C(=O)C3CCCC3)c2)cc1. The van der Waals surface area contributed by atoms with Crippen LogP contribution in [-0.2, 0) is 4.79 Å². The fourth-order valence-corrected chi connectivity index (χ4v) is 3.41. The van der Waals surface area contributed by atoms with Gasteiger partial charge in [-0.1, -0.05) is 42.7 Å². The van der Waals surface area contributed by atoms with E-state index in [-0.39, 0.29) is 17.4 Å². The normalized spacial score (nSPS) is 14.5. The van der Waals surface area contributed by atoms with Gasteiger partial charge >= 0.3 is 5.97 Å². The van der Waals surface area contributed by atoms with Crippen molar-refractivity contribution in [2.45, 2.75) is 32.6 Å². The zero-order valence-corrected chi connectivity index (χ0v) is 14.7. The third-order valence-electron chi connectivity index (χ3n) is 4.97. The first-order valence-electron chi connectivity index (χ1n) is 8.68. The highest BCUT2D eigenvalue weighted by Gasteiger charge is 2.26. The lowest BCUT2D eigenvalue weighted by molar-refractivity contribution is -0.121. The molecule has 1 aliphatic rings. The van der Waals surface area contributed by atoms with E-state index in [0.717, 1.165) is 42.4 Å². The molecule has 25 heavy (non-hydrogen) atoms. The van der Waals surface area contributed by atoms with Gasteiger partial charge in [-0.25, -0.2) is 4.79 Å². The first-order chi connectivity index (χ1) is 12.0. The van der Waals surface area contributed by atoms with E-state index in [2.05, 4.69) is 0 Å². The smallest absolute Gasteiger partial charge is 0.335 e. The molecule has 0 aromatic heterocycles. The molecular weight excluding hydrogens is 314 g/mol. The van der Waals surface area contributed by atoms with Gasteiger partial charge in [0.2, 0.25) is 5.91 Å². The van der Waals surface area contributed by atoms with E-state index in [1.807, 2.05) is 37.3 Å². The molecule has 0 heterocycles. The first-order valence-corrected chi connectivity index (χ1v) is 8.68. The van der Waals surface area contributed by atoms with Crippen LogP contribution in [-0.4, -0.2) is 24.0 Å². The minimum atomic E-state index is -0.989. The molecular formula is C21H23NO3. The number of rotatable bonds is 4. The maximum absolute atomic E-state index is 12.7. The number of benzene rings is 2. The third-order valence-corrected chi connectivity index (χ3v) is 4.97. The topological polar surface area (TPSA) is 57.6 Å². The van der Waals surface area contributed by atoms with E-state index in [1.54, 1.807) is 24.1 Å². The summed E-state index contributed by atoms with van der Waals surface area (Å²) in [7, 11) is 1.74. The molecule has 2 aromatic rings. The van der Waals surface area contributed by atoms with E-state index >= 15 is 0 Å². The lowest BCUT2D eigenvalue weighted by Crippen LogP contribution is -2.31. The zero-order valence-electron chi connectivity index (χ0n) is 14.7. The number of nitrogens with zero attached hydrogens (tertiary/aromatic N) is 1. The van der Waals surface area contributed by atoms with Gasteiger partial charge in [0.15, 0.2) is 0 Å². The summed E-state index contributed by atoms with van der Waals surface area (Å²) < 4.78 is 0. The molecule has 0 unspecified atom stereocenters. The molecule has 1 aliphatic carbocycles. The first kappa shape index (κ1) is 17.2. The van der Waals surface area contributed by atoms with Crippen molar-refractivity contribution in [3.05, 3.63) is 53.6 Å². The van der Waals surface area contributed by atoms with Gasteiger partial charge in [0.05, 0.1) is 5.56 Å². The molecule has 0 aliphatic heterocycles. The van der Waals surface area contributed by atoms with Crippen LogP contribution in [0.4, 0.5) is 5.69 Å². The van der Waals surface area contributed by atoms with Gasteiger partial charge in [0, 0.05) is 18.7 Å². The molecule has 0 spiro atoms. The number of aromatic carboxylic acids is 1. The van der Waals surface area contributed by atoms with Gasteiger partial charge in [-0.15, -0.1) is 0 Å². The predicted octanol–water partition coefficient (Wildman–Crippen LogP) is 4.51. The van der Waals surface area contributed by atoms with Crippen LogP contribution in [0.1, 0.15) is 41.6 Å². The molecule has 3 rings (SSSR count). The van der Waals surface area contributed by atoms with Crippen LogP contribution in [0, 0.1) is 12.8 Å². The second kappa shape index (κ2) is 7.09. The van der Waals surface area contributed by atoms with Gasteiger partial charge in [-0.3, -0.25) is 4.79 Å². The van der Waals surface area contributed by atoms with Crippen molar-refractivity contribution < 1.29 is 14.7 Å². The van der Waals surface area contributed by atoms with Crippen LogP contribution in [0.2, 0.25) is 0 Å². The highest BCUT2D eigenvalue weighted by Crippen LogP contribution is 2.31. The number of carbonyl (C=O) groups excluding carboxylic acids is 1. The maximum Gasteiger partial charge on any atom is 0.335 e. The van der Waals surface area contributed by atoms with Crippen molar-refractivity contribution in [1.29, 1.82) is 0 Å². The van der Waals surface area contributed by atoms with Crippen LogP contribution in [0.15, 0.2) is 42.5 Å². The van der Waals surface area contributed by atoms with Crippen molar-refractivity contribution in [3.63, 3.8) is 0 Å². The molecule has 0 saturated heterocycles. The molecule has 2 aromatic carbocycles. The van der Waals surface area contributed by atoms with Crippen LogP contribution in [0.25, 0.3) is 11.1 Å². The molecule has 4 nitrogen and oxygen atoms in total. The average Bonchev–Trinajstić information content (AvgIpc) is 3.15. The quantitative estimate of drug-likeness (QED) is 0.893. The Bertz CT molecular complexity index is 789. The van der Waals surface area contributed by atoms with Crippen LogP contribution < -0.4 is 4.90 Å². The Kier molecular flexibility index (Phi) is 4.88. The van der Waals surface area contributed by atoms with Crippen LogP contribution in [0.3, 0.4) is 0 Å². The predicted molar refractivity (Wildman–Crippen MR) is 98.9 cm³/mol. The number of amides is 1. The van der Waals surface area contributed by atoms with Crippen LogP contribution in [0.5, 0.6) is 0 Å². The fourth-order valence-electron chi connectivity index (χ4n) is 3.41. The van der Waals surface area contributed by atoms with Gasteiger partial charge in [-0.05, 0) is 49.1 Å². The summed E-state index contributed by atoms with van der Waals surface area (Å²) >= 11 is 0. The summed E-state index contributed by atoms with van der Waals surface area (Å²) in [5.74, 6) is -0.854. The lowest BCUT2D eigenvalue weighted by Gasteiger charge is -2.22. The molecule has 1 N–H and O–H groups in total. The highest BCUT2D eigenvalue weighted by atomic mass is 16.4. The minimum Gasteiger partial charge on any atom is -0.478 e. The molecule has 0 atom stereocenters. The fraction of sp³-hybridized carbons (Fsp3) is 0.333. The Morgan fingerprint density at radius 1 is 1.00 bits per heavy atom. The van der Waals surface area contributed by atoms with E-state index in [0.29, 0.717) is 5.69 Å². The second-order valence-corrected chi connectivity index (χ2v) is 6.82. The maximum atomic E-state index is 12.7. The summed E-state index contributed by atoms with van der Waals surface area (Å²) in [4.78, 5) is 25.8. The minimum absolute atomic E-state index is 0.0568. The largest absolute Gasteiger partial charge is 0.478 e. The zero-order chi connectivity index (χ0) is 18.0. The monoisotopic (exact) mass is 337 g/mol. The summed E-state index contributed by atoms with van der Waals surface area (Å²) in [6.45, 7) is 2.01. The number of aryl methyl sites for hydroxylation is 1. The van der Waals surface area contributed by atoms with Crippen molar-refractivity contribution in [1.82, 2.24) is 0 Å². The summed E-state index contributed by atoms with van der Waals surface area (Å²) in [5.41, 5.74) is 3.72. The second-order valence-electron chi connectivity index (χ2n) is 6.82. The van der Waals surface area contributed by atoms with Crippen molar-refractivity contribution >= 4 is 17.6 Å². The molecule has 130 valence electrons. The van der Waals surface area contributed by atoms with Crippen molar-refractivity contribution in [2.24, 2.45) is 5.92 Å². The van der Waals surface area contributed by atoms with E-state index in [9.17, 15) is 14.7 Å². The number of carbonyl (C=O) groups is 2. The van der Waals surface area contributed by atoms with E-state index < -0.39 is 5.97 Å². The van der Waals surface area contributed by atoms with Crippen molar-refractivity contribution in [2.75, 3.05) is 11.9 Å². The Hall–Kier alpha value is -2.62. The molecule has 1 amide bonds. The standard InChI is InChI=1S/C21H23NO3/c1-14-7-9-15(10-8-14)17-11-18(21(24)25)13-19(12-17)22(2)20(23)16-5-3-4-6-16/h7-13,16H,3-6H2,1-2H3,(H,24,25). The van der Waals surface area contributed by atoms with Gasteiger partial charge in [-0.2, -0.15) is 0 Å². The number of carboxylic acid groups (broad SMARTS) is 1. The number of hydrogen-bond acceptors (Lipinski definition) is 2. The Morgan fingerprint density at radius 3 is 2.24 bits per heavy atom. The number of anilines is 1. The average molecular weight is 337 g/mol. The van der Waals surface area contributed by atoms with E-state index in [1.165, 1.54) is 0 Å². The van der Waals surface area contributed by atoms with Crippen molar-refractivity contribution in [3.8, 4) is 11.1 Å². The third kappa shape index (κ3) is 3.73. The molecule has 1 fully saturated rings. The Balaban J connectivity index is 1.99. The lowest BCUT2D eigenvalue weighted by atomic mass is 10.00. The molecule has 4 heteroatoms. The Labute approximate surface area is 148 Å². The summed E-state index contributed by atoms with van der Waals surface area (Å²) in [6, 6.07) is 13.1. The highest BCUT2D eigenvalue weighted by molar-refractivity contribution is 5.98. The Morgan fingerprint density at radius 2 is 1.64 bits per heavy atom. The molecule has 0 radical (unpaired) electrons. The number of hydrogen-bond donors (Lipinski definition) is 1. The van der Waals surface area contributed by atoms with E-state index in [4.69, 9.17) is 0 Å². The van der Waals surface area contributed by atoms with Gasteiger partial charge < -0.3 is 10.0 Å². The number of carboxylic acids is 1. The summed E-state index contributed by atoms with van der Waals surface area (Å²) in [6.07, 6.45) is 4.03. The van der Waals surface area contributed by atoms with Gasteiger partial charge in [0.1, 0.15) is 0 Å². The molecule has 0 bridgehead atoms. The summed E-state index contributed by atoms with van der Waals surface area (Å²) in [5, 5.41) is 9.45.